The smallest absolute Gasteiger partial charge is 0.273 e. The molecule has 1 fully saturated rings. The first-order valence-electron chi connectivity index (χ1n) is 5.86. The minimum atomic E-state index is -0.368. The first-order valence-corrected chi connectivity index (χ1v) is 5.86. The molecule has 8 nitrogen and oxygen atoms in total. The molecule has 1 aliphatic heterocycles. The quantitative estimate of drug-likeness (QED) is 0.528. The monoisotopic (exact) mass is 252 g/mol. The number of rotatable bonds is 6. The van der Waals surface area contributed by atoms with Crippen LogP contribution >= 0.6 is 0 Å². The van der Waals surface area contributed by atoms with E-state index >= 15 is 0 Å². The molecule has 8 heteroatoms. The first-order chi connectivity index (χ1) is 8.66. The molecule has 2 amide bonds. The van der Waals surface area contributed by atoms with Crippen molar-refractivity contribution < 1.29 is 9.59 Å². The van der Waals surface area contributed by atoms with Gasteiger partial charge in [-0.3, -0.25) is 9.59 Å². The van der Waals surface area contributed by atoms with Crippen molar-refractivity contribution in [1.82, 2.24) is 25.6 Å². The normalized spacial score (nSPS) is 15.1. The summed E-state index contributed by atoms with van der Waals surface area (Å²) in [6, 6.07) is 0.286. The van der Waals surface area contributed by atoms with Gasteiger partial charge in [0.25, 0.3) is 5.91 Å². The lowest BCUT2D eigenvalue weighted by molar-refractivity contribution is -0.118. The van der Waals surface area contributed by atoms with Gasteiger partial charge in [-0.05, 0) is 6.42 Å². The maximum Gasteiger partial charge on any atom is 0.273 e. The van der Waals surface area contributed by atoms with Crippen LogP contribution in [0.5, 0.6) is 0 Å². The van der Waals surface area contributed by atoms with E-state index in [1.54, 1.807) is 10.9 Å². The van der Waals surface area contributed by atoms with E-state index < -0.39 is 0 Å². The van der Waals surface area contributed by atoms with Crippen LogP contribution in [0.4, 0.5) is 0 Å². The van der Waals surface area contributed by atoms with Gasteiger partial charge in [0.05, 0.1) is 12.2 Å². The highest BCUT2D eigenvalue weighted by molar-refractivity contribution is 5.91. The summed E-state index contributed by atoms with van der Waals surface area (Å²) in [6.45, 7) is 2.10. The Morgan fingerprint density at radius 2 is 2.33 bits per heavy atom. The predicted octanol–water partition coefficient (Wildman–Crippen LogP) is -1.58. The lowest BCUT2D eigenvalue weighted by atomic mass is 10.2. The van der Waals surface area contributed by atoms with Crippen molar-refractivity contribution in [3.63, 3.8) is 0 Å². The number of hydrogen-bond acceptors (Lipinski definition) is 5. The molecule has 98 valence electrons. The molecule has 1 aliphatic rings. The van der Waals surface area contributed by atoms with Crippen LogP contribution in [0.1, 0.15) is 29.4 Å². The number of nitrogens with two attached hydrogens (primary N) is 1. The summed E-state index contributed by atoms with van der Waals surface area (Å²) in [4.78, 5) is 22.2. The van der Waals surface area contributed by atoms with E-state index in [0.29, 0.717) is 18.7 Å². The maximum atomic E-state index is 11.7. The Bertz CT molecular complexity index is 439. The second-order valence-electron chi connectivity index (χ2n) is 4.22. The lowest BCUT2D eigenvalue weighted by Gasteiger charge is -2.26. The third-order valence-corrected chi connectivity index (χ3v) is 2.76. The standard InChI is InChI=1S/C10H16N6O2/c11-9(17)2-1-3-13-10(18)8-6-16(15-14-8)7-4-12-5-7/h6-7,12H,1-5H2,(H2,11,17)(H,13,18). The average Bonchev–Trinajstić information content (AvgIpc) is 2.70. The van der Waals surface area contributed by atoms with Gasteiger partial charge in [-0.2, -0.15) is 0 Å². The zero-order valence-electron chi connectivity index (χ0n) is 9.93. The zero-order valence-corrected chi connectivity index (χ0v) is 9.93. The van der Waals surface area contributed by atoms with Crippen molar-refractivity contribution in [1.29, 1.82) is 0 Å². The number of carbonyl (C=O) groups is 2. The van der Waals surface area contributed by atoms with E-state index in [4.69, 9.17) is 5.73 Å². The molecule has 0 spiro atoms. The molecule has 0 radical (unpaired) electrons. The molecule has 2 heterocycles. The van der Waals surface area contributed by atoms with Crippen LogP contribution in [0.15, 0.2) is 6.20 Å². The van der Waals surface area contributed by atoms with Crippen LogP contribution < -0.4 is 16.4 Å². The second kappa shape index (κ2) is 5.58. The molecule has 4 N–H and O–H groups in total. The Morgan fingerprint density at radius 1 is 1.56 bits per heavy atom. The van der Waals surface area contributed by atoms with Crippen LogP contribution in [0.25, 0.3) is 0 Å². The molecule has 0 aliphatic carbocycles. The van der Waals surface area contributed by atoms with Crippen molar-refractivity contribution in [3.05, 3.63) is 11.9 Å². The van der Waals surface area contributed by atoms with Crippen molar-refractivity contribution >= 4 is 11.8 Å². The minimum absolute atomic E-state index is 0.265. The number of amides is 2. The molecular formula is C10H16N6O2. The Balaban J connectivity index is 1.77. The molecule has 1 aromatic rings. The molecule has 0 bridgehead atoms. The fourth-order valence-electron chi connectivity index (χ4n) is 1.57. The van der Waals surface area contributed by atoms with Gasteiger partial charge in [-0.1, -0.05) is 5.21 Å². The van der Waals surface area contributed by atoms with Crippen LogP contribution in [0.3, 0.4) is 0 Å². The lowest BCUT2D eigenvalue weighted by Crippen LogP contribution is -2.43. The van der Waals surface area contributed by atoms with Crippen LogP contribution in [0.2, 0.25) is 0 Å². The zero-order chi connectivity index (χ0) is 13.0. The Hall–Kier alpha value is -1.96. The van der Waals surface area contributed by atoms with Crippen molar-refractivity contribution in [2.45, 2.75) is 18.9 Å². The van der Waals surface area contributed by atoms with Gasteiger partial charge in [0.15, 0.2) is 5.69 Å². The number of carbonyl (C=O) groups excluding carboxylic acids is 2. The van der Waals surface area contributed by atoms with Crippen LogP contribution in [0, 0.1) is 0 Å². The van der Waals surface area contributed by atoms with Gasteiger partial charge in [0.1, 0.15) is 0 Å². The molecule has 1 aromatic heterocycles. The van der Waals surface area contributed by atoms with Gasteiger partial charge in [-0.15, -0.1) is 5.10 Å². The second-order valence-corrected chi connectivity index (χ2v) is 4.22. The number of hydrogen-bond donors (Lipinski definition) is 3. The molecule has 0 saturated carbocycles. The third kappa shape index (κ3) is 3.04. The fourth-order valence-corrected chi connectivity index (χ4v) is 1.57. The highest BCUT2D eigenvalue weighted by Crippen LogP contribution is 2.09. The number of primary amides is 1. The highest BCUT2D eigenvalue weighted by atomic mass is 16.2. The molecule has 0 aromatic carbocycles. The van der Waals surface area contributed by atoms with Crippen molar-refractivity contribution in [3.8, 4) is 0 Å². The molecule has 18 heavy (non-hydrogen) atoms. The van der Waals surface area contributed by atoms with E-state index in [-0.39, 0.29) is 24.3 Å². The van der Waals surface area contributed by atoms with Crippen LogP contribution in [-0.4, -0.2) is 46.4 Å². The Labute approximate surface area is 104 Å². The number of aromatic nitrogens is 3. The summed E-state index contributed by atoms with van der Waals surface area (Å²) in [5.41, 5.74) is 5.29. The Morgan fingerprint density at radius 3 is 2.94 bits per heavy atom. The van der Waals surface area contributed by atoms with Crippen LogP contribution in [-0.2, 0) is 4.79 Å². The molecule has 0 unspecified atom stereocenters. The summed E-state index contributed by atoms with van der Waals surface area (Å²) < 4.78 is 1.69. The van der Waals surface area contributed by atoms with Gasteiger partial charge in [-0.25, -0.2) is 4.68 Å². The van der Waals surface area contributed by atoms with Gasteiger partial charge in [0.2, 0.25) is 5.91 Å². The maximum absolute atomic E-state index is 11.7. The van der Waals surface area contributed by atoms with Crippen molar-refractivity contribution in [2.75, 3.05) is 19.6 Å². The van der Waals surface area contributed by atoms with Gasteiger partial charge >= 0.3 is 0 Å². The predicted molar refractivity (Wildman–Crippen MR) is 62.7 cm³/mol. The summed E-state index contributed by atoms with van der Waals surface area (Å²) >= 11 is 0. The van der Waals surface area contributed by atoms with E-state index in [2.05, 4.69) is 20.9 Å². The average molecular weight is 252 g/mol. The minimum Gasteiger partial charge on any atom is -0.370 e. The van der Waals surface area contributed by atoms with E-state index in [0.717, 1.165) is 13.1 Å². The summed E-state index contributed by atoms with van der Waals surface area (Å²) in [7, 11) is 0. The van der Waals surface area contributed by atoms with Gasteiger partial charge in [0, 0.05) is 26.1 Å². The highest BCUT2D eigenvalue weighted by Gasteiger charge is 2.21. The van der Waals surface area contributed by atoms with Gasteiger partial charge < -0.3 is 16.4 Å². The van der Waals surface area contributed by atoms with E-state index in [1.165, 1.54) is 0 Å². The third-order valence-electron chi connectivity index (χ3n) is 2.76. The molecule has 1 saturated heterocycles. The van der Waals surface area contributed by atoms with Crippen molar-refractivity contribution in [2.24, 2.45) is 5.73 Å². The molecule has 2 rings (SSSR count). The number of nitrogens with zero attached hydrogens (tertiary/aromatic N) is 3. The topological polar surface area (TPSA) is 115 Å². The SMILES string of the molecule is NC(=O)CCCNC(=O)c1cn(C2CNC2)nn1. The van der Waals surface area contributed by atoms with E-state index in [1.807, 2.05) is 0 Å². The summed E-state index contributed by atoms with van der Waals surface area (Å²) in [6.07, 6.45) is 2.43. The Kier molecular flexibility index (Phi) is 3.88. The summed E-state index contributed by atoms with van der Waals surface area (Å²) in [5.74, 6) is -0.648. The summed E-state index contributed by atoms with van der Waals surface area (Å²) in [5, 5.41) is 13.5. The molecular weight excluding hydrogens is 236 g/mol. The largest absolute Gasteiger partial charge is 0.370 e. The van der Waals surface area contributed by atoms with E-state index in [9.17, 15) is 9.59 Å². The first kappa shape index (κ1) is 12.5. The number of nitrogens with one attached hydrogen (secondary N) is 2. The fraction of sp³-hybridized carbons (Fsp3) is 0.600. The molecule has 0 atom stereocenters.